The largest absolute Gasteiger partial charge is 0.493 e. The van der Waals surface area contributed by atoms with Crippen LogP contribution in [0.3, 0.4) is 0 Å². The second-order valence-corrected chi connectivity index (χ2v) is 7.17. The van der Waals surface area contributed by atoms with Gasteiger partial charge >= 0.3 is 0 Å². The summed E-state index contributed by atoms with van der Waals surface area (Å²) in [5.41, 5.74) is 2.68. The Morgan fingerprint density at radius 3 is 2.96 bits per heavy atom. The highest BCUT2D eigenvalue weighted by Crippen LogP contribution is 2.37. The second kappa shape index (κ2) is 6.16. The molecule has 1 saturated heterocycles. The van der Waals surface area contributed by atoms with Gasteiger partial charge in [-0.3, -0.25) is 4.79 Å². The van der Waals surface area contributed by atoms with E-state index in [4.69, 9.17) is 4.74 Å². The monoisotopic (exact) mass is 314 g/mol. The smallest absolute Gasteiger partial charge is 0.220 e. The number of hydrogen-bond acceptors (Lipinski definition) is 3. The summed E-state index contributed by atoms with van der Waals surface area (Å²) in [6.45, 7) is 3.04. The van der Waals surface area contributed by atoms with E-state index in [0.29, 0.717) is 30.5 Å². The van der Waals surface area contributed by atoms with Gasteiger partial charge in [-0.2, -0.15) is 0 Å². The van der Waals surface area contributed by atoms with E-state index in [9.17, 15) is 4.79 Å². The van der Waals surface area contributed by atoms with Crippen LogP contribution in [-0.4, -0.2) is 24.6 Å². The number of fused-ring (bicyclic) bond motifs is 1. The number of carbonyl (C=O) groups is 1. The Labute approximate surface area is 138 Å². The topological polar surface area (TPSA) is 50.4 Å². The fraction of sp³-hybridized carbons (Fsp3) is 0.632. The van der Waals surface area contributed by atoms with Crippen molar-refractivity contribution in [1.29, 1.82) is 0 Å². The molecule has 0 unspecified atom stereocenters. The summed E-state index contributed by atoms with van der Waals surface area (Å²) in [6, 6.07) is 7.68. The van der Waals surface area contributed by atoms with Crippen LogP contribution in [0.25, 0.3) is 0 Å². The van der Waals surface area contributed by atoms with Crippen LogP contribution in [-0.2, 0) is 11.2 Å². The van der Waals surface area contributed by atoms with Crippen LogP contribution in [0.2, 0.25) is 0 Å². The molecule has 3 atom stereocenters. The molecule has 1 aromatic rings. The van der Waals surface area contributed by atoms with Gasteiger partial charge in [0.1, 0.15) is 5.75 Å². The summed E-state index contributed by atoms with van der Waals surface area (Å²) in [4.78, 5) is 11.8. The van der Waals surface area contributed by atoms with Crippen molar-refractivity contribution in [2.24, 2.45) is 5.92 Å². The summed E-state index contributed by atoms with van der Waals surface area (Å²) >= 11 is 0. The van der Waals surface area contributed by atoms with Crippen LogP contribution in [0.4, 0.5) is 0 Å². The van der Waals surface area contributed by atoms with Crippen LogP contribution in [0.1, 0.15) is 56.2 Å². The van der Waals surface area contributed by atoms with E-state index in [-0.39, 0.29) is 5.91 Å². The van der Waals surface area contributed by atoms with Crippen LogP contribution in [0, 0.1) is 5.92 Å². The molecule has 4 rings (SSSR count). The lowest BCUT2D eigenvalue weighted by Gasteiger charge is -2.36. The molecule has 0 radical (unpaired) electrons. The molecule has 2 aliphatic heterocycles. The third-order valence-electron chi connectivity index (χ3n) is 5.51. The minimum absolute atomic E-state index is 0.225. The Balaban J connectivity index is 1.49. The quantitative estimate of drug-likeness (QED) is 0.878. The van der Waals surface area contributed by atoms with Gasteiger partial charge in [0.2, 0.25) is 5.91 Å². The van der Waals surface area contributed by atoms with Crippen LogP contribution in [0.5, 0.6) is 5.75 Å². The predicted molar refractivity (Wildman–Crippen MR) is 89.5 cm³/mol. The van der Waals surface area contributed by atoms with Gasteiger partial charge in [0.05, 0.1) is 6.61 Å². The summed E-state index contributed by atoms with van der Waals surface area (Å²) in [5.74, 6) is 1.95. The minimum Gasteiger partial charge on any atom is -0.493 e. The molecular formula is C19H26N2O2. The zero-order valence-electron chi connectivity index (χ0n) is 13.8. The lowest BCUT2D eigenvalue weighted by Crippen LogP contribution is -2.55. The molecule has 4 nitrogen and oxygen atoms in total. The van der Waals surface area contributed by atoms with E-state index >= 15 is 0 Å². The minimum atomic E-state index is 0.225. The number of ether oxygens (including phenoxy) is 1. The van der Waals surface area contributed by atoms with Crippen LogP contribution in [0.15, 0.2) is 18.2 Å². The highest BCUT2D eigenvalue weighted by molar-refractivity contribution is 5.77. The van der Waals surface area contributed by atoms with Crippen molar-refractivity contribution in [2.75, 3.05) is 6.61 Å². The zero-order chi connectivity index (χ0) is 15.8. The van der Waals surface area contributed by atoms with Gasteiger partial charge in [-0.25, -0.2) is 0 Å². The highest BCUT2D eigenvalue weighted by atomic mass is 16.5. The maximum absolute atomic E-state index is 11.8. The Kier molecular flexibility index (Phi) is 4.02. The molecule has 23 heavy (non-hydrogen) atoms. The molecule has 1 saturated carbocycles. The molecule has 2 N–H and O–H groups in total. The molecule has 0 spiro atoms. The number of amides is 1. The van der Waals surface area contributed by atoms with Crippen molar-refractivity contribution in [1.82, 2.24) is 10.6 Å². The Morgan fingerprint density at radius 1 is 1.30 bits per heavy atom. The van der Waals surface area contributed by atoms with Crippen molar-refractivity contribution in [3.05, 3.63) is 29.3 Å². The first-order valence-electron chi connectivity index (χ1n) is 9.05. The van der Waals surface area contributed by atoms with Gasteiger partial charge in [0.15, 0.2) is 0 Å². The summed E-state index contributed by atoms with van der Waals surface area (Å²) in [5, 5.41) is 7.08. The van der Waals surface area contributed by atoms with Crippen molar-refractivity contribution < 1.29 is 9.53 Å². The Morgan fingerprint density at radius 2 is 2.17 bits per heavy atom. The number of piperidine rings is 1. The first kappa shape index (κ1) is 15.0. The molecule has 1 aromatic carbocycles. The van der Waals surface area contributed by atoms with E-state index in [1.165, 1.54) is 24.0 Å². The lowest BCUT2D eigenvalue weighted by atomic mass is 9.91. The Hall–Kier alpha value is -1.55. The zero-order valence-corrected chi connectivity index (χ0v) is 13.8. The van der Waals surface area contributed by atoms with E-state index in [1.54, 1.807) is 0 Å². The first-order valence-corrected chi connectivity index (χ1v) is 9.05. The summed E-state index contributed by atoms with van der Waals surface area (Å²) < 4.78 is 5.62. The van der Waals surface area contributed by atoms with E-state index in [0.717, 1.165) is 31.6 Å². The van der Waals surface area contributed by atoms with Gasteiger partial charge in [-0.15, -0.1) is 0 Å². The molecule has 3 aliphatic rings. The maximum atomic E-state index is 11.8. The van der Waals surface area contributed by atoms with E-state index in [2.05, 4.69) is 35.8 Å². The number of benzene rings is 1. The molecule has 1 aliphatic carbocycles. The van der Waals surface area contributed by atoms with Crippen molar-refractivity contribution >= 4 is 5.91 Å². The van der Waals surface area contributed by atoms with Crippen molar-refractivity contribution in [3.63, 3.8) is 0 Å². The van der Waals surface area contributed by atoms with Gasteiger partial charge in [-0.1, -0.05) is 19.1 Å². The van der Waals surface area contributed by atoms with Crippen molar-refractivity contribution in [3.8, 4) is 5.75 Å². The summed E-state index contributed by atoms with van der Waals surface area (Å²) in [6.07, 6.45) is 6.20. The lowest BCUT2D eigenvalue weighted by molar-refractivity contribution is -0.124. The molecule has 0 bridgehead atoms. The summed E-state index contributed by atoms with van der Waals surface area (Å²) in [7, 11) is 0. The van der Waals surface area contributed by atoms with Crippen LogP contribution >= 0.6 is 0 Å². The standard InChI is InChI=1S/C19H26N2O2/c1-2-15(13-5-7-17-14(11-13)9-10-23-17)20-16-6-8-18(22)21-19(16)12-3-4-12/h5,7,11-12,15-16,19-20H,2-4,6,8-10H2,1H3,(H,21,22)/t15-,16+,19-/m0/s1. The molecule has 124 valence electrons. The fourth-order valence-corrected chi connectivity index (χ4v) is 4.04. The van der Waals surface area contributed by atoms with E-state index < -0.39 is 0 Å². The third-order valence-corrected chi connectivity index (χ3v) is 5.51. The third kappa shape index (κ3) is 3.09. The van der Waals surface area contributed by atoms with Crippen LogP contribution < -0.4 is 15.4 Å². The fourth-order valence-electron chi connectivity index (χ4n) is 4.04. The normalized spacial score (nSPS) is 28.0. The maximum Gasteiger partial charge on any atom is 0.220 e. The Bertz CT molecular complexity index is 597. The van der Waals surface area contributed by atoms with Gasteiger partial charge in [0.25, 0.3) is 0 Å². The molecule has 2 heterocycles. The number of nitrogens with one attached hydrogen (secondary N) is 2. The SMILES string of the molecule is CC[C@H](N[C@@H]1CCC(=O)N[C@H]1C1CC1)c1ccc2c(c1)CCO2. The predicted octanol–water partition coefficient (Wildman–Crippen LogP) is 2.72. The molecule has 0 aromatic heterocycles. The number of carbonyl (C=O) groups excluding carboxylic acids is 1. The second-order valence-electron chi connectivity index (χ2n) is 7.17. The van der Waals surface area contributed by atoms with Gasteiger partial charge in [-0.05, 0) is 48.8 Å². The number of hydrogen-bond donors (Lipinski definition) is 2. The highest BCUT2D eigenvalue weighted by Gasteiger charge is 2.40. The van der Waals surface area contributed by atoms with Gasteiger partial charge in [0, 0.05) is 31.0 Å². The average molecular weight is 314 g/mol. The average Bonchev–Trinajstić information content (AvgIpc) is 3.30. The first-order chi connectivity index (χ1) is 11.2. The molecule has 4 heteroatoms. The van der Waals surface area contributed by atoms with Crippen molar-refractivity contribution in [2.45, 2.75) is 63.6 Å². The molecular weight excluding hydrogens is 288 g/mol. The van der Waals surface area contributed by atoms with E-state index in [1.807, 2.05) is 0 Å². The molecule has 2 fully saturated rings. The molecule has 1 amide bonds. The number of rotatable bonds is 5. The van der Waals surface area contributed by atoms with Gasteiger partial charge < -0.3 is 15.4 Å².